The lowest BCUT2D eigenvalue weighted by Gasteiger charge is -2.15. The van der Waals surface area contributed by atoms with Gasteiger partial charge in [0, 0.05) is 6.04 Å². The van der Waals surface area contributed by atoms with Gasteiger partial charge in [0.2, 0.25) is 5.91 Å². The van der Waals surface area contributed by atoms with Gasteiger partial charge in [-0.1, -0.05) is 19.1 Å². The first-order valence-electron chi connectivity index (χ1n) is 6.15. The molecule has 1 aromatic carbocycles. The van der Waals surface area contributed by atoms with Gasteiger partial charge in [0.05, 0.1) is 20.0 Å². The fourth-order valence-corrected chi connectivity index (χ4v) is 1.65. The zero-order chi connectivity index (χ0) is 14.3. The minimum Gasteiger partial charge on any atom is -0.469 e. The molecular weight excluding hydrogens is 249 g/mol. The van der Waals surface area contributed by atoms with Gasteiger partial charge in [0.1, 0.15) is 5.82 Å². The van der Waals surface area contributed by atoms with Crippen LogP contribution in [0.5, 0.6) is 0 Å². The van der Waals surface area contributed by atoms with E-state index in [4.69, 9.17) is 0 Å². The number of benzene rings is 1. The number of methoxy groups -OCH3 is 1. The van der Waals surface area contributed by atoms with Crippen LogP contribution < -0.4 is 5.32 Å². The van der Waals surface area contributed by atoms with Gasteiger partial charge in [-0.2, -0.15) is 0 Å². The number of hydrogen-bond donors (Lipinski definition) is 1. The SMILES string of the molecule is CCC(CC(=O)OC)NC(=O)Cc1ccc(F)cc1. The number of carbonyl (C=O) groups excluding carboxylic acids is 2. The molecule has 0 aliphatic heterocycles. The summed E-state index contributed by atoms with van der Waals surface area (Å²) in [6.45, 7) is 1.88. The Morgan fingerprint density at radius 3 is 2.47 bits per heavy atom. The Bertz CT molecular complexity index is 431. The minimum absolute atomic E-state index is 0.155. The van der Waals surface area contributed by atoms with E-state index in [9.17, 15) is 14.0 Å². The van der Waals surface area contributed by atoms with Gasteiger partial charge in [0.15, 0.2) is 0 Å². The standard InChI is InChI=1S/C14H18FNO3/c1-3-12(9-14(18)19-2)16-13(17)8-10-4-6-11(15)7-5-10/h4-7,12H,3,8-9H2,1-2H3,(H,16,17). The lowest BCUT2D eigenvalue weighted by molar-refractivity contribution is -0.141. The van der Waals surface area contributed by atoms with E-state index >= 15 is 0 Å². The van der Waals surface area contributed by atoms with Crippen molar-refractivity contribution in [3.05, 3.63) is 35.6 Å². The van der Waals surface area contributed by atoms with Gasteiger partial charge in [-0.25, -0.2) is 4.39 Å². The summed E-state index contributed by atoms with van der Waals surface area (Å²) in [7, 11) is 1.31. The lowest BCUT2D eigenvalue weighted by atomic mass is 10.1. The molecule has 0 aromatic heterocycles. The van der Waals surface area contributed by atoms with E-state index in [1.807, 2.05) is 6.92 Å². The Morgan fingerprint density at radius 2 is 1.95 bits per heavy atom. The van der Waals surface area contributed by atoms with Crippen LogP contribution in [0.15, 0.2) is 24.3 Å². The van der Waals surface area contributed by atoms with Gasteiger partial charge in [0.25, 0.3) is 0 Å². The second kappa shape index (κ2) is 7.51. The lowest BCUT2D eigenvalue weighted by Crippen LogP contribution is -2.37. The monoisotopic (exact) mass is 267 g/mol. The molecular formula is C14H18FNO3. The molecule has 0 saturated carbocycles. The third-order valence-electron chi connectivity index (χ3n) is 2.78. The smallest absolute Gasteiger partial charge is 0.307 e. The first-order chi connectivity index (χ1) is 9.05. The predicted octanol–water partition coefficient (Wildman–Crippen LogP) is 1.83. The van der Waals surface area contributed by atoms with Crippen LogP contribution in [0.3, 0.4) is 0 Å². The second-order valence-corrected chi connectivity index (χ2v) is 4.26. The van der Waals surface area contributed by atoms with Crippen molar-refractivity contribution in [3.63, 3.8) is 0 Å². The maximum absolute atomic E-state index is 12.7. The highest BCUT2D eigenvalue weighted by Crippen LogP contribution is 2.05. The highest BCUT2D eigenvalue weighted by Gasteiger charge is 2.15. The summed E-state index contributed by atoms with van der Waals surface area (Å²) >= 11 is 0. The molecule has 5 heteroatoms. The number of nitrogens with one attached hydrogen (secondary N) is 1. The number of hydrogen-bond acceptors (Lipinski definition) is 3. The molecule has 0 saturated heterocycles. The van der Waals surface area contributed by atoms with E-state index in [1.165, 1.54) is 19.2 Å². The van der Waals surface area contributed by atoms with Crippen molar-refractivity contribution >= 4 is 11.9 Å². The zero-order valence-electron chi connectivity index (χ0n) is 11.1. The third kappa shape index (κ3) is 5.50. The fraction of sp³-hybridized carbons (Fsp3) is 0.429. The molecule has 1 N–H and O–H groups in total. The molecule has 0 aliphatic carbocycles. The molecule has 0 fully saturated rings. The van der Waals surface area contributed by atoms with Gasteiger partial charge >= 0.3 is 5.97 Å². The Kier molecular flexibility index (Phi) is 5.99. The summed E-state index contributed by atoms with van der Waals surface area (Å²) in [5.74, 6) is -0.877. The van der Waals surface area contributed by atoms with Crippen molar-refractivity contribution < 1.29 is 18.7 Å². The molecule has 1 amide bonds. The Hall–Kier alpha value is -1.91. The van der Waals surface area contributed by atoms with Crippen LogP contribution >= 0.6 is 0 Å². The quantitative estimate of drug-likeness (QED) is 0.800. The summed E-state index contributed by atoms with van der Waals surface area (Å²) in [5, 5.41) is 2.76. The van der Waals surface area contributed by atoms with Crippen LogP contribution in [0, 0.1) is 5.82 Å². The first-order valence-corrected chi connectivity index (χ1v) is 6.15. The normalized spacial score (nSPS) is 11.7. The van der Waals surface area contributed by atoms with Crippen LogP contribution in [0.4, 0.5) is 4.39 Å². The maximum atomic E-state index is 12.7. The number of esters is 1. The molecule has 104 valence electrons. The van der Waals surface area contributed by atoms with Crippen molar-refractivity contribution in [2.24, 2.45) is 0 Å². The molecule has 1 aromatic rings. The molecule has 19 heavy (non-hydrogen) atoms. The molecule has 1 rings (SSSR count). The molecule has 0 aliphatic rings. The second-order valence-electron chi connectivity index (χ2n) is 4.26. The van der Waals surface area contributed by atoms with E-state index in [0.29, 0.717) is 6.42 Å². The molecule has 0 radical (unpaired) electrons. The molecule has 0 bridgehead atoms. The average Bonchev–Trinajstić information content (AvgIpc) is 2.40. The van der Waals surface area contributed by atoms with E-state index in [-0.39, 0.29) is 36.6 Å². The first kappa shape index (κ1) is 15.1. The summed E-state index contributed by atoms with van der Waals surface area (Å²) in [5.41, 5.74) is 0.729. The summed E-state index contributed by atoms with van der Waals surface area (Å²) in [6.07, 6.45) is 0.963. The topological polar surface area (TPSA) is 55.4 Å². The largest absolute Gasteiger partial charge is 0.469 e. The Morgan fingerprint density at radius 1 is 1.32 bits per heavy atom. The molecule has 1 unspecified atom stereocenters. The average molecular weight is 267 g/mol. The van der Waals surface area contributed by atoms with Crippen LogP contribution in [-0.4, -0.2) is 25.0 Å². The van der Waals surface area contributed by atoms with Crippen molar-refractivity contribution in [3.8, 4) is 0 Å². The van der Waals surface area contributed by atoms with Crippen LogP contribution in [-0.2, 0) is 20.7 Å². The summed E-state index contributed by atoms with van der Waals surface area (Å²) in [6, 6.07) is 5.52. The molecule has 1 atom stereocenters. The van der Waals surface area contributed by atoms with Crippen molar-refractivity contribution in [1.29, 1.82) is 0 Å². The van der Waals surface area contributed by atoms with Gasteiger partial charge in [-0.3, -0.25) is 9.59 Å². The predicted molar refractivity (Wildman–Crippen MR) is 69.0 cm³/mol. The third-order valence-corrected chi connectivity index (χ3v) is 2.78. The van der Waals surface area contributed by atoms with Gasteiger partial charge in [-0.15, -0.1) is 0 Å². The zero-order valence-corrected chi connectivity index (χ0v) is 11.1. The van der Waals surface area contributed by atoms with Gasteiger partial charge in [-0.05, 0) is 24.1 Å². The Balaban J connectivity index is 2.49. The van der Waals surface area contributed by atoms with Crippen molar-refractivity contribution in [2.75, 3.05) is 7.11 Å². The number of carbonyl (C=O) groups is 2. The summed E-state index contributed by atoms with van der Waals surface area (Å²) < 4.78 is 17.3. The van der Waals surface area contributed by atoms with Crippen molar-refractivity contribution in [2.45, 2.75) is 32.2 Å². The van der Waals surface area contributed by atoms with Crippen molar-refractivity contribution in [1.82, 2.24) is 5.32 Å². The van der Waals surface area contributed by atoms with E-state index in [2.05, 4.69) is 10.1 Å². The van der Waals surface area contributed by atoms with Crippen LogP contribution in [0.25, 0.3) is 0 Å². The Labute approximate surface area is 112 Å². The molecule has 0 heterocycles. The number of amides is 1. The van der Waals surface area contributed by atoms with E-state index in [1.54, 1.807) is 12.1 Å². The molecule has 4 nitrogen and oxygen atoms in total. The number of halogens is 1. The van der Waals surface area contributed by atoms with Crippen LogP contribution in [0.1, 0.15) is 25.3 Å². The highest BCUT2D eigenvalue weighted by molar-refractivity contribution is 5.79. The van der Waals surface area contributed by atoms with Crippen LogP contribution in [0.2, 0.25) is 0 Å². The number of ether oxygens (including phenoxy) is 1. The number of rotatable bonds is 6. The fourth-order valence-electron chi connectivity index (χ4n) is 1.65. The highest BCUT2D eigenvalue weighted by atomic mass is 19.1. The molecule has 0 spiro atoms. The van der Waals surface area contributed by atoms with E-state index < -0.39 is 0 Å². The van der Waals surface area contributed by atoms with Gasteiger partial charge < -0.3 is 10.1 Å². The summed E-state index contributed by atoms with van der Waals surface area (Å²) in [4.78, 5) is 22.9. The van der Waals surface area contributed by atoms with E-state index in [0.717, 1.165) is 5.56 Å². The minimum atomic E-state index is -0.353. The maximum Gasteiger partial charge on any atom is 0.307 e.